The molecule has 0 radical (unpaired) electrons. The highest BCUT2D eigenvalue weighted by Crippen LogP contribution is 2.26. The summed E-state index contributed by atoms with van der Waals surface area (Å²) in [5.74, 6) is 0. The molecule has 3 rings (SSSR count). The molecular weight excluding hydrogens is 236 g/mol. The van der Waals surface area contributed by atoms with Gasteiger partial charge < -0.3 is 4.74 Å². The van der Waals surface area contributed by atoms with Crippen molar-refractivity contribution in [1.82, 2.24) is 18.7 Å². The Kier molecular flexibility index (Phi) is 2.13. The van der Waals surface area contributed by atoms with Crippen molar-refractivity contribution in [3.8, 4) is 6.01 Å². The molecule has 2 aromatic rings. The van der Waals surface area contributed by atoms with E-state index >= 15 is 0 Å². The average Bonchev–Trinajstić information content (AvgIpc) is 2.90. The zero-order valence-corrected chi connectivity index (χ0v) is 10.5. The van der Waals surface area contributed by atoms with Gasteiger partial charge in [-0.05, 0) is 6.42 Å². The Bertz CT molecular complexity index is 752. The van der Waals surface area contributed by atoms with Gasteiger partial charge in [-0.3, -0.25) is 18.5 Å². The molecule has 0 aliphatic carbocycles. The lowest BCUT2D eigenvalue weighted by Crippen LogP contribution is -2.37. The van der Waals surface area contributed by atoms with Crippen molar-refractivity contribution in [2.75, 3.05) is 0 Å². The molecule has 0 N–H and O–H groups in total. The minimum absolute atomic E-state index is 0.0545. The molecule has 0 aromatic carbocycles. The average molecular weight is 250 g/mol. The van der Waals surface area contributed by atoms with E-state index in [-0.39, 0.29) is 17.4 Å². The molecule has 0 fully saturated rings. The summed E-state index contributed by atoms with van der Waals surface area (Å²) in [7, 11) is 3.07. The summed E-state index contributed by atoms with van der Waals surface area (Å²) in [4.78, 5) is 28.2. The van der Waals surface area contributed by atoms with Crippen LogP contribution in [0, 0.1) is 0 Å². The van der Waals surface area contributed by atoms with Gasteiger partial charge >= 0.3 is 5.69 Å². The minimum Gasteiger partial charge on any atom is -0.459 e. The maximum atomic E-state index is 12.2. The van der Waals surface area contributed by atoms with Gasteiger partial charge in [0.15, 0.2) is 11.2 Å². The number of hydrogen-bond donors (Lipinski definition) is 0. The van der Waals surface area contributed by atoms with Crippen LogP contribution in [0.5, 0.6) is 6.01 Å². The number of hydrogen-bond acceptors (Lipinski definition) is 4. The fourth-order valence-corrected chi connectivity index (χ4v) is 2.29. The number of rotatable bonds is 1. The number of nitrogens with zero attached hydrogens (tertiary/aromatic N) is 4. The van der Waals surface area contributed by atoms with Crippen LogP contribution < -0.4 is 16.0 Å². The van der Waals surface area contributed by atoms with Gasteiger partial charge in [-0.25, -0.2) is 4.79 Å². The van der Waals surface area contributed by atoms with Gasteiger partial charge in [0.1, 0.15) is 6.10 Å². The lowest BCUT2D eigenvalue weighted by molar-refractivity contribution is 0.220. The van der Waals surface area contributed by atoms with Gasteiger partial charge in [0.25, 0.3) is 11.6 Å². The van der Waals surface area contributed by atoms with E-state index in [1.165, 1.54) is 11.6 Å². The molecular formula is C11H14N4O3. The Morgan fingerprint density at radius 3 is 2.72 bits per heavy atom. The monoisotopic (exact) mass is 250 g/mol. The zero-order chi connectivity index (χ0) is 13.0. The summed E-state index contributed by atoms with van der Waals surface area (Å²) in [5.41, 5.74) is 0.113. The first-order chi connectivity index (χ1) is 8.54. The van der Waals surface area contributed by atoms with E-state index in [2.05, 4.69) is 4.98 Å². The van der Waals surface area contributed by atoms with Crippen LogP contribution in [0.15, 0.2) is 9.59 Å². The molecule has 0 amide bonds. The van der Waals surface area contributed by atoms with Crippen molar-refractivity contribution in [3.05, 3.63) is 20.8 Å². The normalized spacial score (nSPS) is 18.1. The van der Waals surface area contributed by atoms with Gasteiger partial charge in [-0.1, -0.05) is 6.92 Å². The second-order valence-corrected chi connectivity index (χ2v) is 4.53. The third-order valence-electron chi connectivity index (χ3n) is 3.43. The van der Waals surface area contributed by atoms with Gasteiger partial charge in [-0.2, -0.15) is 4.98 Å². The van der Waals surface area contributed by atoms with Crippen LogP contribution >= 0.6 is 0 Å². The molecule has 1 aliphatic heterocycles. The first-order valence-electron chi connectivity index (χ1n) is 5.87. The predicted molar refractivity (Wildman–Crippen MR) is 64.9 cm³/mol. The minimum atomic E-state index is -0.378. The predicted octanol–water partition coefficient (Wildman–Crippen LogP) is -0.395. The van der Waals surface area contributed by atoms with E-state index in [1.807, 2.05) is 6.92 Å². The van der Waals surface area contributed by atoms with E-state index in [4.69, 9.17) is 4.74 Å². The highest BCUT2D eigenvalue weighted by molar-refractivity contribution is 5.72. The van der Waals surface area contributed by atoms with Gasteiger partial charge in [0.2, 0.25) is 0 Å². The molecule has 2 aromatic heterocycles. The van der Waals surface area contributed by atoms with E-state index in [0.717, 1.165) is 11.0 Å². The molecule has 96 valence electrons. The Labute approximate surface area is 102 Å². The summed E-state index contributed by atoms with van der Waals surface area (Å²) in [5, 5.41) is 0. The standard InChI is InChI=1S/C11H14N4O3/c1-4-6-5-15-7-8(12-10(15)18-6)13(2)11(17)14(3)9(7)16/h6H,4-5H2,1-3H3/t6-/m0/s1. The third-order valence-corrected chi connectivity index (χ3v) is 3.43. The van der Waals surface area contributed by atoms with Crippen molar-refractivity contribution in [3.63, 3.8) is 0 Å². The van der Waals surface area contributed by atoms with Crippen LogP contribution in [0.2, 0.25) is 0 Å². The molecule has 3 heterocycles. The molecule has 1 atom stereocenters. The summed E-state index contributed by atoms with van der Waals surface area (Å²) in [6.07, 6.45) is 0.913. The van der Waals surface area contributed by atoms with Crippen molar-refractivity contribution in [2.24, 2.45) is 14.1 Å². The molecule has 18 heavy (non-hydrogen) atoms. The fourth-order valence-electron chi connectivity index (χ4n) is 2.29. The van der Waals surface area contributed by atoms with E-state index in [0.29, 0.717) is 23.7 Å². The molecule has 7 heteroatoms. The Balaban J connectivity index is 2.40. The third kappa shape index (κ3) is 1.21. The van der Waals surface area contributed by atoms with Gasteiger partial charge in [0.05, 0.1) is 6.54 Å². The number of imidazole rings is 1. The van der Waals surface area contributed by atoms with Crippen LogP contribution in [0.25, 0.3) is 11.2 Å². The van der Waals surface area contributed by atoms with Crippen molar-refractivity contribution in [2.45, 2.75) is 26.0 Å². The van der Waals surface area contributed by atoms with Crippen molar-refractivity contribution < 1.29 is 4.74 Å². The summed E-state index contributed by atoms with van der Waals surface area (Å²) in [6.45, 7) is 2.63. The highest BCUT2D eigenvalue weighted by atomic mass is 16.5. The second kappa shape index (κ2) is 3.47. The van der Waals surface area contributed by atoms with Crippen LogP contribution in [-0.2, 0) is 20.6 Å². The van der Waals surface area contributed by atoms with Crippen molar-refractivity contribution >= 4 is 11.2 Å². The van der Waals surface area contributed by atoms with Crippen LogP contribution in [-0.4, -0.2) is 24.8 Å². The molecule has 0 saturated heterocycles. The number of fused-ring (bicyclic) bond motifs is 3. The maximum absolute atomic E-state index is 12.2. The van der Waals surface area contributed by atoms with Crippen molar-refractivity contribution in [1.29, 1.82) is 0 Å². The largest absolute Gasteiger partial charge is 0.459 e. The van der Waals surface area contributed by atoms with Gasteiger partial charge in [-0.15, -0.1) is 0 Å². The summed E-state index contributed by atoms with van der Waals surface area (Å²) < 4.78 is 9.84. The summed E-state index contributed by atoms with van der Waals surface area (Å²) >= 11 is 0. The van der Waals surface area contributed by atoms with Crippen LogP contribution in [0.3, 0.4) is 0 Å². The molecule has 0 unspecified atom stereocenters. The summed E-state index contributed by atoms with van der Waals surface area (Å²) in [6, 6.07) is 0.426. The molecule has 1 aliphatic rings. The smallest absolute Gasteiger partial charge is 0.332 e. The first-order valence-corrected chi connectivity index (χ1v) is 5.87. The Morgan fingerprint density at radius 1 is 1.33 bits per heavy atom. The highest BCUT2D eigenvalue weighted by Gasteiger charge is 2.28. The lowest BCUT2D eigenvalue weighted by atomic mass is 10.3. The molecule has 0 bridgehead atoms. The van der Waals surface area contributed by atoms with Crippen LogP contribution in [0.4, 0.5) is 0 Å². The molecule has 0 spiro atoms. The number of aromatic nitrogens is 4. The lowest BCUT2D eigenvalue weighted by Gasteiger charge is -2.06. The SMILES string of the molecule is CC[C@H]1Cn2c(nc3c2c(=O)n(C)c(=O)n3C)O1. The Hall–Kier alpha value is -2.05. The quantitative estimate of drug-likeness (QED) is 0.690. The number of ether oxygens (including phenoxy) is 1. The zero-order valence-electron chi connectivity index (χ0n) is 10.5. The molecule has 0 saturated carbocycles. The van der Waals surface area contributed by atoms with Crippen LogP contribution in [0.1, 0.15) is 13.3 Å². The topological polar surface area (TPSA) is 71.0 Å². The number of aryl methyl sites for hydroxylation is 1. The fraction of sp³-hybridized carbons (Fsp3) is 0.545. The van der Waals surface area contributed by atoms with Gasteiger partial charge in [0, 0.05) is 14.1 Å². The first kappa shape index (κ1) is 11.1. The second-order valence-electron chi connectivity index (χ2n) is 4.53. The molecule has 7 nitrogen and oxygen atoms in total. The maximum Gasteiger partial charge on any atom is 0.332 e. The van der Waals surface area contributed by atoms with E-state index < -0.39 is 0 Å². The van der Waals surface area contributed by atoms with E-state index in [1.54, 1.807) is 11.6 Å². The Morgan fingerprint density at radius 2 is 2.06 bits per heavy atom. The van der Waals surface area contributed by atoms with E-state index in [9.17, 15) is 9.59 Å².